The van der Waals surface area contributed by atoms with E-state index in [0.717, 1.165) is 61.5 Å². The smallest absolute Gasteiger partial charge is 0.223 e. The molecule has 0 bridgehead atoms. The summed E-state index contributed by atoms with van der Waals surface area (Å²) < 4.78 is 18.0. The lowest BCUT2D eigenvalue weighted by Crippen LogP contribution is -2.09. The van der Waals surface area contributed by atoms with Gasteiger partial charge in [0, 0.05) is 18.2 Å². The van der Waals surface area contributed by atoms with Crippen LogP contribution in [0.2, 0.25) is 0 Å². The second-order valence-electron chi connectivity index (χ2n) is 8.97. The van der Waals surface area contributed by atoms with E-state index < -0.39 is 0 Å². The van der Waals surface area contributed by atoms with E-state index in [-0.39, 0.29) is 5.95 Å². The van der Waals surface area contributed by atoms with Crippen molar-refractivity contribution < 1.29 is 14.2 Å². The van der Waals surface area contributed by atoms with Crippen molar-refractivity contribution in [3.8, 4) is 11.5 Å². The molecule has 35 heavy (non-hydrogen) atoms. The third-order valence-corrected chi connectivity index (χ3v) is 5.80. The minimum atomic E-state index is 0.101. The van der Waals surface area contributed by atoms with Gasteiger partial charge in [-0.15, -0.1) is 0 Å². The van der Waals surface area contributed by atoms with Gasteiger partial charge >= 0.3 is 0 Å². The maximum atomic E-state index is 6.02. The number of nitrogen functional groups attached to an aromatic ring is 3. The molecule has 0 saturated heterocycles. The number of hydrogen-bond acceptors (Lipinski definition) is 8. The van der Waals surface area contributed by atoms with Crippen molar-refractivity contribution in [1.29, 1.82) is 0 Å². The highest BCUT2D eigenvalue weighted by Gasteiger charge is 2.09. The predicted octanol–water partition coefficient (Wildman–Crippen LogP) is 5.68. The molecular weight excluding hydrogens is 442 g/mol. The number of nitrogens with two attached hydrogens (primary N) is 3. The van der Waals surface area contributed by atoms with E-state index in [2.05, 4.69) is 35.9 Å². The normalized spacial score (nSPS) is 11.0. The largest absolute Gasteiger partial charge is 0.493 e. The van der Waals surface area contributed by atoms with Gasteiger partial charge in [-0.2, -0.15) is 9.97 Å². The van der Waals surface area contributed by atoms with Gasteiger partial charge in [-0.25, -0.2) is 0 Å². The Labute approximate surface area is 210 Å². The Hall–Kier alpha value is -2.74. The number of anilines is 3. The zero-order chi connectivity index (χ0) is 25.3. The van der Waals surface area contributed by atoms with Gasteiger partial charge in [0.25, 0.3) is 0 Å². The molecule has 2 aromatic rings. The molecule has 0 aliphatic heterocycles. The van der Waals surface area contributed by atoms with E-state index in [0.29, 0.717) is 31.3 Å². The molecular formula is C27H45N5O3. The topological polar surface area (TPSA) is 132 Å². The Morgan fingerprint density at radius 1 is 0.657 bits per heavy atom. The quantitative estimate of drug-likeness (QED) is 0.216. The van der Waals surface area contributed by atoms with Crippen LogP contribution in [-0.2, 0) is 17.8 Å². The zero-order valence-corrected chi connectivity index (χ0v) is 21.7. The first-order valence-corrected chi connectivity index (χ1v) is 13.2. The Kier molecular flexibility index (Phi) is 13.7. The Morgan fingerprint density at radius 3 is 1.74 bits per heavy atom. The average molecular weight is 488 g/mol. The van der Waals surface area contributed by atoms with Crippen molar-refractivity contribution in [3.63, 3.8) is 0 Å². The summed E-state index contributed by atoms with van der Waals surface area (Å²) in [6, 6.07) is 6.10. The molecule has 0 radical (unpaired) electrons. The molecule has 0 spiro atoms. The first-order valence-electron chi connectivity index (χ1n) is 13.2. The fraction of sp³-hybridized carbons (Fsp3) is 0.630. The molecule has 0 aliphatic rings. The molecule has 1 aromatic carbocycles. The third kappa shape index (κ3) is 11.5. The van der Waals surface area contributed by atoms with Crippen molar-refractivity contribution in [2.75, 3.05) is 37.0 Å². The number of nitrogens with zero attached hydrogens (tertiary/aromatic N) is 2. The SMILES string of the molecule is CCCCCCOc1cc(COCCCCc2c(N)nc(N)nc2N)cc(OCCCCCC)c1. The van der Waals surface area contributed by atoms with Crippen LogP contribution >= 0.6 is 0 Å². The summed E-state index contributed by atoms with van der Waals surface area (Å²) in [5, 5.41) is 0. The highest BCUT2D eigenvalue weighted by atomic mass is 16.5. The lowest BCUT2D eigenvalue weighted by molar-refractivity contribution is 0.117. The fourth-order valence-electron chi connectivity index (χ4n) is 3.81. The van der Waals surface area contributed by atoms with Crippen molar-refractivity contribution in [2.24, 2.45) is 0 Å². The predicted molar refractivity (Wildman–Crippen MR) is 144 cm³/mol. The minimum absolute atomic E-state index is 0.101. The van der Waals surface area contributed by atoms with Crippen LogP contribution in [-0.4, -0.2) is 29.8 Å². The van der Waals surface area contributed by atoms with Crippen molar-refractivity contribution in [1.82, 2.24) is 9.97 Å². The Balaban J connectivity index is 1.81. The van der Waals surface area contributed by atoms with Gasteiger partial charge in [0.1, 0.15) is 23.1 Å². The van der Waals surface area contributed by atoms with Crippen LogP contribution in [0, 0.1) is 0 Å². The van der Waals surface area contributed by atoms with Crippen LogP contribution in [0.4, 0.5) is 17.6 Å². The van der Waals surface area contributed by atoms with Gasteiger partial charge in [-0.05, 0) is 49.8 Å². The average Bonchev–Trinajstić information content (AvgIpc) is 2.82. The highest BCUT2D eigenvalue weighted by Crippen LogP contribution is 2.25. The second-order valence-corrected chi connectivity index (χ2v) is 8.97. The lowest BCUT2D eigenvalue weighted by Gasteiger charge is -2.13. The first kappa shape index (κ1) is 28.5. The molecule has 8 nitrogen and oxygen atoms in total. The Bertz CT molecular complexity index is 807. The van der Waals surface area contributed by atoms with E-state index >= 15 is 0 Å². The number of hydrogen-bond donors (Lipinski definition) is 3. The van der Waals surface area contributed by atoms with Crippen molar-refractivity contribution in [2.45, 2.75) is 91.1 Å². The van der Waals surface area contributed by atoms with E-state index in [1.807, 2.05) is 6.07 Å². The third-order valence-electron chi connectivity index (χ3n) is 5.80. The molecule has 8 heteroatoms. The maximum Gasteiger partial charge on any atom is 0.223 e. The zero-order valence-electron chi connectivity index (χ0n) is 21.7. The number of unbranched alkanes of at least 4 members (excludes halogenated alkanes) is 7. The lowest BCUT2D eigenvalue weighted by atomic mass is 10.1. The molecule has 6 N–H and O–H groups in total. The van der Waals surface area contributed by atoms with Crippen LogP contribution in [0.3, 0.4) is 0 Å². The van der Waals surface area contributed by atoms with Crippen LogP contribution < -0.4 is 26.7 Å². The summed E-state index contributed by atoms with van der Waals surface area (Å²) in [6.45, 7) is 7.01. The summed E-state index contributed by atoms with van der Waals surface area (Å²) in [4.78, 5) is 7.97. The molecule has 2 rings (SSSR count). The van der Waals surface area contributed by atoms with E-state index in [1.165, 1.54) is 38.5 Å². The summed E-state index contributed by atoms with van der Waals surface area (Å²) in [5.74, 6) is 2.50. The molecule has 0 unspecified atom stereocenters. The molecule has 0 amide bonds. The second kappa shape index (κ2) is 16.8. The monoisotopic (exact) mass is 487 g/mol. The van der Waals surface area contributed by atoms with E-state index in [1.54, 1.807) is 0 Å². The summed E-state index contributed by atoms with van der Waals surface area (Å²) >= 11 is 0. The number of ether oxygens (including phenoxy) is 3. The van der Waals surface area contributed by atoms with Gasteiger partial charge in [0.2, 0.25) is 5.95 Å². The van der Waals surface area contributed by atoms with Gasteiger partial charge in [-0.3, -0.25) is 0 Å². The van der Waals surface area contributed by atoms with Crippen LogP contribution in [0.25, 0.3) is 0 Å². The number of rotatable bonds is 19. The van der Waals surface area contributed by atoms with Gasteiger partial charge in [-0.1, -0.05) is 52.4 Å². The summed E-state index contributed by atoms with van der Waals surface area (Å²) in [6.07, 6.45) is 11.9. The van der Waals surface area contributed by atoms with Crippen LogP contribution in [0.1, 0.15) is 89.2 Å². The van der Waals surface area contributed by atoms with Crippen LogP contribution in [0.15, 0.2) is 18.2 Å². The molecule has 0 fully saturated rings. The minimum Gasteiger partial charge on any atom is -0.493 e. The molecule has 1 heterocycles. The van der Waals surface area contributed by atoms with Crippen molar-refractivity contribution >= 4 is 17.6 Å². The number of benzene rings is 1. The first-order chi connectivity index (χ1) is 17.0. The molecule has 0 aliphatic carbocycles. The molecule has 0 atom stereocenters. The highest BCUT2D eigenvalue weighted by molar-refractivity contribution is 5.55. The standard InChI is InChI=1S/C27H45N5O3/c1-3-5-7-10-15-34-22-17-21(18-23(19-22)35-16-11-8-6-4-2)20-33-14-12-9-13-24-25(28)31-27(30)32-26(24)29/h17-19H,3-16,20H2,1-2H3,(H6,28,29,30,31,32). The number of aromatic nitrogens is 2. The summed E-state index contributed by atoms with van der Waals surface area (Å²) in [5.41, 5.74) is 19.2. The van der Waals surface area contributed by atoms with E-state index in [9.17, 15) is 0 Å². The Morgan fingerprint density at radius 2 is 1.20 bits per heavy atom. The molecule has 1 aromatic heterocycles. The van der Waals surface area contributed by atoms with Crippen LogP contribution in [0.5, 0.6) is 11.5 Å². The van der Waals surface area contributed by atoms with E-state index in [4.69, 9.17) is 31.4 Å². The molecule has 196 valence electrons. The van der Waals surface area contributed by atoms with Gasteiger partial charge < -0.3 is 31.4 Å². The van der Waals surface area contributed by atoms with Gasteiger partial charge in [0.05, 0.1) is 19.8 Å². The maximum absolute atomic E-state index is 6.02. The fourth-order valence-corrected chi connectivity index (χ4v) is 3.81. The van der Waals surface area contributed by atoms with Crippen molar-refractivity contribution in [3.05, 3.63) is 29.3 Å². The summed E-state index contributed by atoms with van der Waals surface area (Å²) in [7, 11) is 0. The molecule has 0 saturated carbocycles. The van der Waals surface area contributed by atoms with Gasteiger partial charge in [0.15, 0.2) is 0 Å².